The molecular weight excluding hydrogens is 292 g/mol. The highest BCUT2D eigenvalue weighted by molar-refractivity contribution is 7.16. The third kappa shape index (κ3) is 2.69. The maximum atomic E-state index is 13.4. The minimum Gasteiger partial charge on any atom is -0.309 e. The van der Waals surface area contributed by atoms with Crippen LogP contribution in [0.15, 0.2) is 24.3 Å². The Bertz CT molecular complexity index is 568. The molecule has 1 heterocycles. The second kappa shape index (κ2) is 5.57. The molecule has 2 rings (SSSR count). The van der Waals surface area contributed by atoms with Gasteiger partial charge in [0.15, 0.2) is 0 Å². The summed E-state index contributed by atoms with van der Waals surface area (Å²) in [5, 5.41) is 3.60. The molecule has 0 radical (unpaired) electrons. The van der Waals surface area contributed by atoms with E-state index in [1.165, 1.54) is 17.4 Å². The lowest BCUT2D eigenvalue weighted by molar-refractivity contribution is 0.614. The quantitative estimate of drug-likeness (QED) is 0.858. The van der Waals surface area contributed by atoms with Gasteiger partial charge in [0.05, 0.1) is 10.4 Å². The van der Waals surface area contributed by atoms with Crippen LogP contribution in [0.2, 0.25) is 9.36 Å². The van der Waals surface area contributed by atoms with Gasteiger partial charge < -0.3 is 5.32 Å². The monoisotopic (exact) mass is 303 g/mol. The molecule has 1 unspecified atom stereocenters. The van der Waals surface area contributed by atoms with Gasteiger partial charge in [-0.25, -0.2) is 4.39 Å². The first-order chi connectivity index (χ1) is 8.52. The van der Waals surface area contributed by atoms with E-state index in [4.69, 9.17) is 23.2 Å². The summed E-state index contributed by atoms with van der Waals surface area (Å²) in [7, 11) is 1.84. The highest BCUT2D eigenvalue weighted by Crippen LogP contribution is 2.34. The molecule has 1 nitrogen and oxygen atoms in total. The molecule has 0 amide bonds. The maximum absolute atomic E-state index is 13.4. The summed E-state index contributed by atoms with van der Waals surface area (Å²) in [6.07, 6.45) is 0. The fraction of sp³-hybridized carbons (Fsp3) is 0.231. The summed E-state index contributed by atoms with van der Waals surface area (Å²) in [5.41, 5.74) is 1.44. The highest BCUT2D eigenvalue weighted by atomic mass is 35.5. The molecule has 1 aromatic carbocycles. The lowest BCUT2D eigenvalue weighted by atomic mass is 10.0. The first-order valence-corrected chi connectivity index (χ1v) is 6.98. The molecule has 0 fully saturated rings. The van der Waals surface area contributed by atoms with E-state index >= 15 is 0 Å². The minimum atomic E-state index is -0.289. The zero-order valence-corrected chi connectivity index (χ0v) is 12.3. The van der Waals surface area contributed by atoms with Gasteiger partial charge in [0.2, 0.25) is 0 Å². The van der Waals surface area contributed by atoms with Crippen molar-refractivity contribution in [1.82, 2.24) is 5.32 Å². The largest absolute Gasteiger partial charge is 0.309 e. The fourth-order valence-electron chi connectivity index (χ4n) is 1.84. The van der Waals surface area contributed by atoms with Crippen LogP contribution in [0.5, 0.6) is 0 Å². The topological polar surface area (TPSA) is 12.0 Å². The molecule has 0 bridgehead atoms. The van der Waals surface area contributed by atoms with E-state index in [9.17, 15) is 4.39 Å². The third-order valence-corrected chi connectivity index (χ3v) is 4.38. The average Bonchev–Trinajstić information content (AvgIpc) is 2.73. The van der Waals surface area contributed by atoms with Gasteiger partial charge in [0.25, 0.3) is 0 Å². The molecule has 1 aromatic heterocycles. The van der Waals surface area contributed by atoms with Crippen LogP contribution in [0.4, 0.5) is 4.39 Å². The maximum Gasteiger partial charge on any atom is 0.127 e. The minimum absolute atomic E-state index is 0.0747. The molecule has 1 N–H and O–H groups in total. The molecule has 2 aromatic rings. The molecular formula is C13H12Cl2FNS. The number of hydrogen-bond acceptors (Lipinski definition) is 2. The number of hydrogen-bond donors (Lipinski definition) is 1. The third-order valence-electron chi connectivity index (χ3n) is 2.76. The van der Waals surface area contributed by atoms with E-state index < -0.39 is 0 Å². The van der Waals surface area contributed by atoms with Crippen molar-refractivity contribution in [2.75, 3.05) is 7.05 Å². The van der Waals surface area contributed by atoms with Gasteiger partial charge in [0, 0.05) is 9.90 Å². The van der Waals surface area contributed by atoms with Crippen LogP contribution in [0.1, 0.15) is 22.0 Å². The lowest BCUT2D eigenvalue weighted by Crippen LogP contribution is -2.17. The molecule has 0 saturated heterocycles. The molecule has 0 aliphatic carbocycles. The average molecular weight is 304 g/mol. The van der Waals surface area contributed by atoms with Gasteiger partial charge in [-0.1, -0.05) is 23.2 Å². The Labute approximate surface area is 120 Å². The summed E-state index contributed by atoms with van der Waals surface area (Å²) in [5.74, 6) is -0.289. The summed E-state index contributed by atoms with van der Waals surface area (Å²) >= 11 is 13.6. The summed E-state index contributed by atoms with van der Waals surface area (Å²) in [6, 6.07) is 6.84. The van der Waals surface area contributed by atoms with E-state index in [-0.39, 0.29) is 11.9 Å². The predicted molar refractivity (Wildman–Crippen MR) is 76.4 cm³/mol. The second-order valence-electron chi connectivity index (χ2n) is 3.99. The Hall–Kier alpha value is -0.610. The number of benzene rings is 1. The van der Waals surface area contributed by atoms with Crippen molar-refractivity contribution in [2.45, 2.75) is 13.0 Å². The van der Waals surface area contributed by atoms with E-state index in [1.54, 1.807) is 13.0 Å². The molecule has 96 valence electrons. The summed E-state index contributed by atoms with van der Waals surface area (Å²) < 4.78 is 14.1. The molecule has 1 atom stereocenters. The van der Waals surface area contributed by atoms with Crippen LogP contribution in [0.25, 0.3) is 0 Å². The van der Waals surface area contributed by atoms with Gasteiger partial charge >= 0.3 is 0 Å². The standard InChI is InChI=1S/C13H12Cl2FNS/c1-7-5-8(9(14)6-10(7)16)13(17-2)11-3-4-12(15)18-11/h3-6,13,17H,1-2H3. The van der Waals surface area contributed by atoms with Gasteiger partial charge in [0.1, 0.15) is 5.82 Å². The number of nitrogens with one attached hydrogen (secondary N) is 1. The smallest absolute Gasteiger partial charge is 0.127 e. The number of rotatable bonds is 3. The number of aryl methyl sites for hydroxylation is 1. The predicted octanol–water partition coefficient (Wildman–Crippen LogP) is 4.81. The molecule has 0 aliphatic rings. The fourth-order valence-corrected chi connectivity index (χ4v) is 3.28. The Balaban J connectivity index is 2.48. The lowest BCUT2D eigenvalue weighted by Gasteiger charge is -2.17. The molecule has 18 heavy (non-hydrogen) atoms. The van der Waals surface area contributed by atoms with Crippen LogP contribution < -0.4 is 5.32 Å². The zero-order chi connectivity index (χ0) is 13.3. The zero-order valence-electron chi connectivity index (χ0n) is 9.93. The SMILES string of the molecule is CNC(c1ccc(Cl)s1)c1cc(C)c(F)cc1Cl. The van der Waals surface area contributed by atoms with E-state index in [1.807, 2.05) is 19.2 Å². The van der Waals surface area contributed by atoms with Crippen molar-refractivity contribution in [3.63, 3.8) is 0 Å². The Morgan fingerprint density at radius 3 is 2.56 bits per heavy atom. The van der Waals surface area contributed by atoms with Crippen LogP contribution >= 0.6 is 34.5 Å². The van der Waals surface area contributed by atoms with Crippen molar-refractivity contribution in [3.05, 3.63) is 55.4 Å². The Morgan fingerprint density at radius 1 is 1.28 bits per heavy atom. The van der Waals surface area contributed by atoms with Crippen molar-refractivity contribution in [1.29, 1.82) is 0 Å². The van der Waals surface area contributed by atoms with Crippen molar-refractivity contribution < 1.29 is 4.39 Å². The van der Waals surface area contributed by atoms with Gasteiger partial charge in [-0.05, 0) is 49.4 Å². The second-order valence-corrected chi connectivity index (χ2v) is 6.14. The molecule has 0 aliphatic heterocycles. The summed E-state index contributed by atoms with van der Waals surface area (Å²) in [4.78, 5) is 1.05. The van der Waals surface area contributed by atoms with Crippen molar-refractivity contribution in [3.8, 4) is 0 Å². The Morgan fingerprint density at radius 2 is 2.00 bits per heavy atom. The number of thiophene rings is 1. The highest BCUT2D eigenvalue weighted by Gasteiger charge is 2.18. The van der Waals surface area contributed by atoms with E-state index in [0.717, 1.165) is 14.8 Å². The normalized spacial score (nSPS) is 12.7. The van der Waals surface area contributed by atoms with Gasteiger partial charge in [-0.15, -0.1) is 11.3 Å². The van der Waals surface area contributed by atoms with Crippen molar-refractivity contribution in [2.24, 2.45) is 0 Å². The Kier molecular flexibility index (Phi) is 4.28. The van der Waals surface area contributed by atoms with E-state index in [0.29, 0.717) is 10.6 Å². The van der Waals surface area contributed by atoms with Gasteiger partial charge in [-0.3, -0.25) is 0 Å². The molecule has 0 spiro atoms. The van der Waals surface area contributed by atoms with Crippen LogP contribution in [0, 0.1) is 12.7 Å². The first kappa shape index (κ1) is 13.8. The molecule has 5 heteroatoms. The van der Waals surface area contributed by atoms with Crippen LogP contribution in [0.3, 0.4) is 0 Å². The van der Waals surface area contributed by atoms with Crippen LogP contribution in [-0.2, 0) is 0 Å². The van der Waals surface area contributed by atoms with Crippen molar-refractivity contribution >= 4 is 34.5 Å². The van der Waals surface area contributed by atoms with Gasteiger partial charge in [-0.2, -0.15) is 0 Å². The van der Waals surface area contributed by atoms with Crippen LogP contribution in [-0.4, -0.2) is 7.05 Å². The molecule has 0 saturated carbocycles. The first-order valence-electron chi connectivity index (χ1n) is 5.41. The van der Waals surface area contributed by atoms with E-state index in [2.05, 4.69) is 5.32 Å². The summed E-state index contributed by atoms with van der Waals surface area (Å²) in [6.45, 7) is 1.73. The number of halogens is 3.